The van der Waals surface area contributed by atoms with E-state index < -0.39 is 0 Å². The topological polar surface area (TPSA) is 21.8 Å². The fraction of sp³-hybridized carbons (Fsp3) is 0.800. The molecule has 1 saturated carbocycles. The Labute approximate surface area is 73.2 Å². The van der Waals surface area contributed by atoms with E-state index >= 15 is 0 Å². The van der Waals surface area contributed by atoms with Crippen LogP contribution in [0.1, 0.15) is 25.7 Å². The Hall–Kier alpha value is -0.520. The van der Waals surface area contributed by atoms with Gasteiger partial charge in [0, 0.05) is 7.11 Å². The number of epoxide rings is 1. The third kappa shape index (κ3) is 1.35. The fourth-order valence-corrected chi connectivity index (χ4v) is 1.88. The summed E-state index contributed by atoms with van der Waals surface area (Å²) in [7, 11) is 1.67. The van der Waals surface area contributed by atoms with Gasteiger partial charge in [0.1, 0.15) is 6.61 Å². The molecule has 0 aromatic rings. The van der Waals surface area contributed by atoms with Crippen LogP contribution in [0.25, 0.3) is 0 Å². The van der Waals surface area contributed by atoms with Crippen molar-refractivity contribution in [2.24, 2.45) is 0 Å². The molecule has 2 heteroatoms. The van der Waals surface area contributed by atoms with E-state index in [2.05, 4.69) is 11.8 Å². The van der Waals surface area contributed by atoms with E-state index in [0.717, 1.165) is 6.42 Å². The van der Waals surface area contributed by atoms with Gasteiger partial charge in [0.15, 0.2) is 5.60 Å². The largest absolute Gasteiger partial charge is 0.372 e. The molecule has 2 aliphatic rings. The fourth-order valence-electron chi connectivity index (χ4n) is 1.88. The highest BCUT2D eigenvalue weighted by atomic mass is 16.6. The predicted molar refractivity (Wildman–Crippen MR) is 45.7 cm³/mol. The van der Waals surface area contributed by atoms with Gasteiger partial charge in [-0.05, 0) is 19.3 Å². The Kier molecular flexibility index (Phi) is 2.08. The van der Waals surface area contributed by atoms with Crippen molar-refractivity contribution in [3.63, 3.8) is 0 Å². The van der Waals surface area contributed by atoms with Gasteiger partial charge in [-0.15, -0.1) is 0 Å². The molecule has 0 aromatic heterocycles. The first-order valence-corrected chi connectivity index (χ1v) is 4.54. The van der Waals surface area contributed by atoms with E-state index in [1.807, 2.05) is 0 Å². The van der Waals surface area contributed by atoms with Crippen molar-refractivity contribution in [3.8, 4) is 11.8 Å². The molecule has 2 nitrogen and oxygen atoms in total. The Morgan fingerprint density at radius 1 is 1.58 bits per heavy atom. The van der Waals surface area contributed by atoms with E-state index in [1.54, 1.807) is 7.11 Å². The minimum absolute atomic E-state index is 0.0449. The average molecular weight is 166 g/mol. The highest BCUT2D eigenvalue weighted by molar-refractivity contribution is 5.26. The molecule has 1 aliphatic carbocycles. The normalized spacial score (nSPS) is 37.9. The van der Waals surface area contributed by atoms with Gasteiger partial charge in [0.2, 0.25) is 0 Å². The van der Waals surface area contributed by atoms with Crippen LogP contribution in [0.15, 0.2) is 0 Å². The van der Waals surface area contributed by atoms with E-state index in [-0.39, 0.29) is 5.60 Å². The van der Waals surface area contributed by atoms with E-state index in [0.29, 0.717) is 12.7 Å². The van der Waals surface area contributed by atoms with Crippen molar-refractivity contribution in [2.45, 2.75) is 37.4 Å². The average Bonchev–Trinajstić information content (AvgIpc) is 2.79. The molecule has 66 valence electrons. The van der Waals surface area contributed by atoms with Crippen LogP contribution in [0.5, 0.6) is 0 Å². The minimum Gasteiger partial charge on any atom is -0.372 e. The molecule has 0 amide bonds. The smallest absolute Gasteiger partial charge is 0.155 e. The van der Waals surface area contributed by atoms with Crippen LogP contribution in [0, 0.1) is 11.8 Å². The second kappa shape index (κ2) is 3.08. The molecular weight excluding hydrogens is 152 g/mol. The number of hydrogen-bond donors (Lipinski definition) is 0. The summed E-state index contributed by atoms with van der Waals surface area (Å²) in [6.45, 7) is 0.526. The lowest BCUT2D eigenvalue weighted by molar-refractivity contribution is 0.239. The molecule has 0 aromatic carbocycles. The summed E-state index contributed by atoms with van der Waals surface area (Å²) in [5, 5.41) is 0. The lowest BCUT2D eigenvalue weighted by Crippen LogP contribution is -2.16. The highest BCUT2D eigenvalue weighted by Gasteiger charge is 2.56. The first-order valence-electron chi connectivity index (χ1n) is 4.54. The van der Waals surface area contributed by atoms with E-state index in [1.165, 1.54) is 19.3 Å². The van der Waals surface area contributed by atoms with Gasteiger partial charge < -0.3 is 9.47 Å². The van der Waals surface area contributed by atoms with Crippen LogP contribution < -0.4 is 0 Å². The molecule has 2 atom stereocenters. The summed E-state index contributed by atoms with van der Waals surface area (Å²) >= 11 is 0. The summed E-state index contributed by atoms with van der Waals surface area (Å²) in [6, 6.07) is 0. The van der Waals surface area contributed by atoms with E-state index in [9.17, 15) is 0 Å². The van der Waals surface area contributed by atoms with Crippen molar-refractivity contribution in [2.75, 3.05) is 13.7 Å². The minimum atomic E-state index is -0.0449. The maximum atomic E-state index is 5.58. The van der Waals surface area contributed by atoms with Crippen LogP contribution in [0.4, 0.5) is 0 Å². The van der Waals surface area contributed by atoms with Gasteiger partial charge in [-0.1, -0.05) is 18.3 Å². The first-order chi connectivity index (χ1) is 5.87. The maximum absolute atomic E-state index is 5.58. The van der Waals surface area contributed by atoms with Crippen molar-refractivity contribution in [1.29, 1.82) is 0 Å². The van der Waals surface area contributed by atoms with Gasteiger partial charge in [-0.3, -0.25) is 0 Å². The van der Waals surface area contributed by atoms with Gasteiger partial charge >= 0.3 is 0 Å². The Morgan fingerprint density at radius 3 is 3.25 bits per heavy atom. The molecule has 1 aliphatic heterocycles. The molecule has 2 fully saturated rings. The molecular formula is C10H14O2. The predicted octanol–water partition coefficient (Wildman–Crippen LogP) is 1.35. The maximum Gasteiger partial charge on any atom is 0.155 e. The van der Waals surface area contributed by atoms with Crippen LogP contribution in [0.2, 0.25) is 0 Å². The third-order valence-corrected chi connectivity index (χ3v) is 2.60. The summed E-state index contributed by atoms with van der Waals surface area (Å²) < 4.78 is 10.5. The van der Waals surface area contributed by atoms with Crippen molar-refractivity contribution in [3.05, 3.63) is 0 Å². The molecule has 0 N–H and O–H groups in total. The Morgan fingerprint density at radius 2 is 2.50 bits per heavy atom. The van der Waals surface area contributed by atoms with Gasteiger partial charge in [0.05, 0.1) is 6.10 Å². The highest BCUT2D eigenvalue weighted by Crippen LogP contribution is 2.47. The van der Waals surface area contributed by atoms with Crippen molar-refractivity contribution >= 4 is 0 Å². The zero-order valence-electron chi connectivity index (χ0n) is 7.43. The number of ether oxygens (including phenoxy) is 2. The number of fused-ring (bicyclic) bond motifs is 1. The first kappa shape index (κ1) is 8.10. The molecule has 0 spiro atoms. The van der Waals surface area contributed by atoms with Crippen molar-refractivity contribution in [1.82, 2.24) is 0 Å². The second-order valence-electron chi connectivity index (χ2n) is 3.48. The lowest BCUT2D eigenvalue weighted by Gasteiger charge is -2.09. The summed E-state index contributed by atoms with van der Waals surface area (Å²) in [5.41, 5.74) is -0.0449. The van der Waals surface area contributed by atoms with Crippen LogP contribution in [-0.2, 0) is 9.47 Å². The summed E-state index contributed by atoms with van der Waals surface area (Å²) in [5.74, 6) is 6.17. The Bertz CT molecular complexity index is 226. The molecule has 0 radical (unpaired) electrons. The van der Waals surface area contributed by atoms with Gasteiger partial charge in [0.25, 0.3) is 0 Å². The zero-order chi connectivity index (χ0) is 8.44. The van der Waals surface area contributed by atoms with Gasteiger partial charge in [-0.2, -0.15) is 0 Å². The lowest BCUT2D eigenvalue weighted by atomic mass is 9.90. The van der Waals surface area contributed by atoms with Crippen LogP contribution in [-0.4, -0.2) is 25.4 Å². The van der Waals surface area contributed by atoms with Crippen molar-refractivity contribution < 1.29 is 9.47 Å². The zero-order valence-corrected chi connectivity index (χ0v) is 7.43. The summed E-state index contributed by atoms with van der Waals surface area (Å²) in [6.07, 6.45) is 5.32. The third-order valence-electron chi connectivity index (χ3n) is 2.60. The van der Waals surface area contributed by atoms with Crippen LogP contribution >= 0.6 is 0 Å². The molecule has 0 unspecified atom stereocenters. The SMILES string of the molecule is COCC#C[C@]12CCCC[C@H]1O2. The standard InChI is InChI=1S/C10H14O2/c1-11-8-4-7-10-6-3-2-5-9(10)12-10/h9H,2-3,5-6,8H2,1H3/t9-,10-/m1/s1. The number of rotatable bonds is 1. The quantitative estimate of drug-likeness (QED) is 0.433. The molecule has 12 heavy (non-hydrogen) atoms. The number of hydrogen-bond acceptors (Lipinski definition) is 2. The van der Waals surface area contributed by atoms with E-state index in [4.69, 9.17) is 9.47 Å². The molecule has 1 heterocycles. The van der Waals surface area contributed by atoms with Crippen LogP contribution in [0.3, 0.4) is 0 Å². The molecule has 1 saturated heterocycles. The second-order valence-corrected chi connectivity index (χ2v) is 3.48. The molecule has 2 rings (SSSR count). The molecule has 0 bridgehead atoms. The van der Waals surface area contributed by atoms with Gasteiger partial charge in [-0.25, -0.2) is 0 Å². The summed E-state index contributed by atoms with van der Waals surface area (Å²) in [4.78, 5) is 0. The monoisotopic (exact) mass is 166 g/mol. The number of methoxy groups -OCH3 is 1. The Balaban J connectivity index is 1.92.